The van der Waals surface area contributed by atoms with Gasteiger partial charge in [0.15, 0.2) is 0 Å². The highest BCUT2D eigenvalue weighted by Gasteiger charge is 2.65. The smallest absolute Gasteiger partial charge is 0.309 e. The first-order valence-corrected chi connectivity index (χ1v) is 10.6. The molecule has 5 nitrogen and oxygen atoms in total. The monoisotopic (exact) mass is 378 g/mol. The van der Waals surface area contributed by atoms with E-state index in [9.17, 15) is 14.7 Å². The molecule has 0 heterocycles. The molecular formula is C22H34O5. The maximum absolute atomic E-state index is 13.5. The molecule has 4 aliphatic rings. The summed E-state index contributed by atoms with van der Waals surface area (Å²) in [6.45, 7) is 4.41. The van der Waals surface area contributed by atoms with E-state index < -0.39 is 6.10 Å². The normalized spacial score (nSPS) is 51.9. The number of aliphatic hydroxyl groups excluding tert-OH is 1. The minimum Gasteiger partial charge on any atom is -0.469 e. The number of ether oxygens (including phenoxy) is 2. The maximum atomic E-state index is 13.5. The van der Waals surface area contributed by atoms with Gasteiger partial charge in [-0.25, -0.2) is 0 Å². The molecule has 0 radical (unpaired) electrons. The van der Waals surface area contributed by atoms with Gasteiger partial charge in [0.1, 0.15) is 5.78 Å². The van der Waals surface area contributed by atoms with Crippen molar-refractivity contribution in [2.45, 2.75) is 71.0 Å². The largest absolute Gasteiger partial charge is 0.469 e. The van der Waals surface area contributed by atoms with E-state index in [1.165, 1.54) is 7.11 Å². The van der Waals surface area contributed by atoms with Crippen molar-refractivity contribution in [2.75, 3.05) is 14.2 Å². The summed E-state index contributed by atoms with van der Waals surface area (Å²) in [5.41, 5.74) is -0.367. The summed E-state index contributed by atoms with van der Waals surface area (Å²) in [6, 6.07) is 0. The Bertz CT molecular complexity index is 632. The van der Waals surface area contributed by atoms with Crippen LogP contribution in [0.5, 0.6) is 0 Å². The van der Waals surface area contributed by atoms with E-state index in [1.54, 1.807) is 7.11 Å². The number of ketones is 1. The van der Waals surface area contributed by atoms with E-state index in [2.05, 4.69) is 13.8 Å². The molecule has 4 saturated carbocycles. The van der Waals surface area contributed by atoms with Gasteiger partial charge in [0.05, 0.1) is 25.2 Å². The summed E-state index contributed by atoms with van der Waals surface area (Å²) in [5, 5.41) is 10.4. The first-order chi connectivity index (χ1) is 12.8. The van der Waals surface area contributed by atoms with E-state index in [-0.39, 0.29) is 34.7 Å². The fraction of sp³-hybridized carbons (Fsp3) is 0.909. The van der Waals surface area contributed by atoms with Crippen LogP contribution < -0.4 is 0 Å². The molecule has 4 fully saturated rings. The highest BCUT2D eigenvalue weighted by Crippen LogP contribution is 2.66. The quantitative estimate of drug-likeness (QED) is 0.748. The van der Waals surface area contributed by atoms with Crippen molar-refractivity contribution in [3.8, 4) is 0 Å². The average molecular weight is 379 g/mol. The van der Waals surface area contributed by atoms with Gasteiger partial charge < -0.3 is 14.6 Å². The van der Waals surface area contributed by atoms with Gasteiger partial charge in [-0.05, 0) is 67.1 Å². The molecule has 1 N–H and O–H groups in total. The van der Waals surface area contributed by atoms with Crippen molar-refractivity contribution in [3.05, 3.63) is 0 Å². The van der Waals surface area contributed by atoms with Gasteiger partial charge in [0, 0.05) is 19.4 Å². The molecule has 152 valence electrons. The molecule has 4 aliphatic carbocycles. The lowest BCUT2D eigenvalue weighted by Crippen LogP contribution is -2.60. The van der Waals surface area contributed by atoms with Gasteiger partial charge in [-0.1, -0.05) is 13.8 Å². The number of Topliss-reactive ketones (excluding diaryl/α,β-unsaturated/α-hetero) is 1. The maximum Gasteiger partial charge on any atom is 0.309 e. The van der Waals surface area contributed by atoms with Crippen molar-refractivity contribution in [1.82, 2.24) is 0 Å². The predicted molar refractivity (Wildman–Crippen MR) is 99.8 cm³/mol. The van der Waals surface area contributed by atoms with Crippen molar-refractivity contribution in [3.63, 3.8) is 0 Å². The highest BCUT2D eigenvalue weighted by atomic mass is 16.5. The molecule has 9 atom stereocenters. The topological polar surface area (TPSA) is 72.8 Å². The lowest BCUT2D eigenvalue weighted by molar-refractivity contribution is -0.178. The molecule has 0 spiro atoms. The van der Waals surface area contributed by atoms with Crippen molar-refractivity contribution >= 4 is 11.8 Å². The zero-order valence-electron chi connectivity index (χ0n) is 17.1. The number of carbonyl (C=O) groups excluding carboxylic acids is 2. The molecule has 0 aromatic heterocycles. The molecule has 0 aromatic rings. The fourth-order valence-electron chi connectivity index (χ4n) is 7.84. The molecule has 5 heteroatoms. The Morgan fingerprint density at radius 3 is 2.52 bits per heavy atom. The van der Waals surface area contributed by atoms with Crippen LogP contribution in [0.2, 0.25) is 0 Å². The summed E-state index contributed by atoms with van der Waals surface area (Å²) in [7, 11) is 3.12. The molecule has 27 heavy (non-hydrogen) atoms. The second kappa shape index (κ2) is 6.55. The van der Waals surface area contributed by atoms with Crippen molar-refractivity contribution in [1.29, 1.82) is 0 Å². The third kappa shape index (κ3) is 2.64. The van der Waals surface area contributed by atoms with Crippen LogP contribution in [0.25, 0.3) is 0 Å². The third-order valence-electron chi connectivity index (χ3n) is 9.13. The van der Waals surface area contributed by atoms with Crippen LogP contribution in [-0.4, -0.2) is 43.3 Å². The second-order valence-corrected chi connectivity index (χ2v) is 10.1. The molecule has 4 rings (SSSR count). The van der Waals surface area contributed by atoms with Crippen LogP contribution >= 0.6 is 0 Å². The number of fused-ring (bicyclic) bond motifs is 5. The van der Waals surface area contributed by atoms with Crippen molar-refractivity contribution < 1.29 is 24.2 Å². The van der Waals surface area contributed by atoms with Gasteiger partial charge in [0.25, 0.3) is 0 Å². The molecule has 0 aliphatic heterocycles. The summed E-state index contributed by atoms with van der Waals surface area (Å²) < 4.78 is 10.7. The summed E-state index contributed by atoms with van der Waals surface area (Å²) in [5.74, 6) is 1.21. The first-order valence-electron chi connectivity index (χ1n) is 10.6. The molecule has 0 bridgehead atoms. The standard InChI is InChI=1S/C22H34O5/c1-21-11-18(26-3)16(23)9-12(21)5-6-13-14-7-8-15(20(25)27-4)22(14,2)10-17(24)19(13)21/h12-16,18-19,23H,5-11H2,1-4H3/t12-,13-,14-,15+,16-,18-,19+,21-,22-/m0/s1. The van der Waals surface area contributed by atoms with E-state index in [0.717, 1.165) is 38.5 Å². The van der Waals surface area contributed by atoms with E-state index in [4.69, 9.17) is 9.47 Å². The van der Waals surface area contributed by atoms with Crippen molar-refractivity contribution in [2.24, 2.45) is 40.4 Å². The number of rotatable bonds is 2. The predicted octanol–water partition coefficient (Wildman–Crippen LogP) is 2.98. The molecule has 0 unspecified atom stereocenters. The highest BCUT2D eigenvalue weighted by molar-refractivity contribution is 5.86. The number of methoxy groups -OCH3 is 2. The van der Waals surface area contributed by atoms with Crippen LogP contribution in [0.3, 0.4) is 0 Å². The van der Waals surface area contributed by atoms with Crippen LogP contribution in [0.4, 0.5) is 0 Å². The van der Waals surface area contributed by atoms with E-state index in [1.807, 2.05) is 0 Å². The van der Waals surface area contributed by atoms with Gasteiger partial charge in [-0.2, -0.15) is 0 Å². The summed E-state index contributed by atoms with van der Waals surface area (Å²) >= 11 is 0. The number of carbonyl (C=O) groups is 2. The zero-order chi connectivity index (χ0) is 19.6. The van der Waals surface area contributed by atoms with Crippen LogP contribution in [0.1, 0.15) is 58.8 Å². The molecule has 0 aromatic carbocycles. The Morgan fingerprint density at radius 1 is 1.11 bits per heavy atom. The Balaban J connectivity index is 1.67. The minimum absolute atomic E-state index is 0.0378. The van der Waals surface area contributed by atoms with Crippen LogP contribution in [0, 0.1) is 40.4 Å². The SMILES string of the molecule is COC(=O)[C@H]1CC[C@H]2[C@@H]3CC[C@H]4C[C@H](O)[C@@H](OC)C[C@]4(C)[C@H]3C(=O)C[C@]12C. The number of hydrogen-bond acceptors (Lipinski definition) is 5. The average Bonchev–Trinajstić information content (AvgIpc) is 2.97. The zero-order valence-corrected chi connectivity index (χ0v) is 17.1. The number of esters is 1. The molecule has 0 amide bonds. The lowest BCUT2D eigenvalue weighted by atomic mass is 9.44. The minimum atomic E-state index is -0.427. The van der Waals surface area contributed by atoms with Crippen LogP contribution in [0.15, 0.2) is 0 Å². The van der Waals surface area contributed by atoms with Crippen LogP contribution in [-0.2, 0) is 19.1 Å². The van der Waals surface area contributed by atoms with Gasteiger partial charge in [-0.3, -0.25) is 9.59 Å². The second-order valence-electron chi connectivity index (χ2n) is 10.1. The fourth-order valence-corrected chi connectivity index (χ4v) is 7.84. The van der Waals surface area contributed by atoms with Gasteiger partial charge >= 0.3 is 5.97 Å². The molecular weight excluding hydrogens is 344 g/mol. The first kappa shape index (κ1) is 19.4. The third-order valence-corrected chi connectivity index (χ3v) is 9.13. The summed E-state index contributed by atoms with van der Waals surface area (Å²) in [6.07, 6.45) is 5.32. The number of aliphatic hydroxyl groups is 1. The lowest BCUT2D eigenvalue weighted by Gasteiger charge is -2.60. The Kier molecular flexibility index (Phi) is 4.70. The Labute approximate surface area is 162 Å². The van der Waals surface area contributed by atoms with E-state index in [0.29, 0.717) is 30.0 Å². The Hall–Kier alpha value is -0.940. The van der Waals surface area contributed by atoms with Gasteiger partial charge in [0.2, 0.25) is 0 Å². The van der Waals surface area contributed by atoms with Gasteiger partial charge in [-0.15, -0.1) is 0 Å². The van der Waals surface area contributed by atoms with E-state index >= 15 is 0 Å². The number of hydrogen-bond donors (Lipinski definition) is 1. The Morgan fingerprint density at radius 2 is 1.85 bits per heavy atom. The summed E-state index contributed by atoms with van der Waals surface area (Å²) in [4.78, 5) is 25.9. The molecule has 0 saturated heterocycles.